The summed E-state index contributed by atoms with van der Waals surface area (Å²) in [6.07, 6.45) is 0. The van der Waals surface area contributed by atoms with E-state index in [4.69, 9.17) is 0 Å². The van der Waals surface area contributed by atoms with Crippen LogP contribution >= 0.6 is 12.6 Å². The topological polar surface area (TPSA) is 78.9 Å². The minimum atomic E-state index is -0.721. The Balaban J connectivity index is 0.00000361. The summed E-state index contributed by atoms with van der Waals surface area (Å²) in [6.45, 7) is 0. The molecule has 1 aromatic carbocycles. The van der Waals surface area contributed by atoms with Crippen LogP contribution in [0, 0.1) is 0 Å². The largest absolute Gasteiger partial charge is 0.465 e. The van der Waals surface area contributed by atoms with E-state index in [1.807, 2.05) is 0 Å². The fourth-order valence-corrected chi connectivity index (χ4v) is 1.71. The molecule has 0 spiro atoms. The first-order valence-corrected chi connectivity index (χ1v) is 5.53. The van der Waals surface area contributed by atoms with Crippen LogP contribution in [-0.4, -0.2) is 39.2 Å². The van der Waals surface area contributed by atoms with Crippen molar-refractivity contribution in [3.05, 3.63) is 28.8 Å². The minimum Gasteiger partial charge on any atom is -0.465 e. The maximum absolute atomic E-state index is 11.6. The Morgan fingerprint density at radius 3 is 1.50 bits per heavy atom. The quantitative estimate of drug-likeness (QED) is 0.384. The summed E-state index contributed by atoms with van der Waals surface area (Å²) in [5.41, 5.74) is -0.00985. The van der Waals surface area contributed by atoms with Crippen molar-refractivity contribution in [1.82, 2.24) is 0 Å². The van der Waals surface area contributed by atoms with Crippen LogP contribution in [0.15, 0.2) is 17.0 Å². The second-order valence-electron chi connectivity index (χ2n) is 3.39. The predicted molar refractivity (Wildman–Crippen MR) is 67.7 cm³/mol. The van der Waals surface area contributed by atoms with Crippen molar-refractivity contribution in [2.75, 3.05) is 21.3 Å². The van der Waals surface area contributed by atoms with Gasteiger partial charge in [0.15, 0.2) is 0 Å². The molecule has 8 heteroatoms. The number of benzene rings is 1. The van der Waals surface area contributed by atoms with Gasteiger partial charge in [-0.25, -0.2) is 14.4 Å². The Kier molecular flexibility index (Phi) is 7.46. The molecular weight excluding hydrogens is 338 g/mol. The number of esters is 3. The molecule has 1 rings (SSSR count). The van der Waals surface area contributed by atoms with E-state index in [2.05, 4.69) is 26.8 Å². The Labute approximate surface area is 133 Å². The van der Waals surface area contributed by atoms with Crippen molar-refractivity contribution >= 4 is 30.5 Å². The summed E-state index contributed by atoms with van der Waals surface area (Å²) in [5.74, 6) is -2.13. The van der Waals surface area contributed by atoms with Crippen LogP contribution in [0.5, 0.6) is 0 Å². The maximum Gasteiger partial charge on any atom is 0.339 e. The number of methoxy groups -OCH3 is 3. The van der Waals surface area contributed by atoms with E-state index in [0.29, 0.717) is 0 Å². The van der Waals surface area contributed by atoms with Gasteiger partial charge in [-0.3, -0.25) is 0 Å². The second-order valence-corrected chi connectivity index (χ2v) is 3.84. The van der Waals surface area contributed by atoms with Crippen molar-refractivity contribution in [3.63, 3.8) is 0 Å². The van der Waals surface area contributed by atoms with E-state index < -0.39 is 17.9 Å². The SMILES string of the molecule is COC(=O)c1cc(C(=O)OC)c(S)c(C(=O)OC)c1.[Zn]. The van der Waals surface area contributed by atoms with Gasteiger partial charge in [0.05, 0.1) is 38.0 Å². The summed E-state index contributed by atoms with van der Waals surface area (Å²) < 4.78 is 13.7. The Hall–Kier alpha value is -1.40. The van der Waals surface area contributed by atoms with Gasteiger partial charge in [-0.05, 0) is 12.1 Å². The summed E-state index contributed by atoms with van der Waals surface area (Å²) in [4.78, 5) is 34.7. The van der Waals surface area contributed by atoms with Crippen LogP contribution in [0.25, 0.3) is 0 Å². The monoisotopic (exact) mass is 348 g/mol. The standard InChI is InChI=1S/C12H12O6S.Zn/c1-16-10(13)6-4-7(11(14)17-2)9(19)8(5-6)12(15)18-3;/h4-5,19H,1-3H3;. The Morgan fingerprint density at radius 2 is 1.20 bits per heavy atom. The van der Waals surface area contributed by atoms with Crippen LogP contribution in [0.3, 0.4) is 0 Å². The zero-order chi connectivity index (χ0) is 14.6. The molecule has 0 aliphatic heterocycles. The maximum atomic E-state index is 11.6. The number of hydrogen-bond donors (Lipinski definition) is 1. The molecule has 0 saturated heterocycles. The number of hydrogen-bond acceptors (Lipinski definition) is 7. The smallest absolute Gasteiger partial charge is 0.339 e. The average molecular weight is 350 g/mol. The number of carbonyl (C=O) groups excluding carboxylic acids is 3. The molecule has 6 nitrogen and oxygen atoms in total. The van der Waals surface area contributed by atoms with Crippen molar-refractivity contribution in [2.45, 2.75) is 4.90 Å². The normalized spacial score (nSPS) is 9.20. The number of rotatable bonds is 3. The average Bonchev–Trinajstić information content (AvgIpc) is 2.44. The molecule has 0 bridgehead atoms. The number of ether oxygens (including phenoxy) is 3. The van der Waals surface area contributed by atoms with Crippen LogP contribution in [0.4, 0.5) is 0 Å². The van der Waals surface area contributed by atoms with Gasteiger partial charge < -0.3 is 14.2 Å². The van der Waals surface area contributed by atoms with Gasteiger partial charge in [0.2, 0.25) is 0 Å². The molecule has 0 heterocycles. The van der Waals surface area contributed by atoms with Crippen molar-refractivity contribution in [1.29, 1.82) is 0 Å². The third-order valence-corrected chi connectivity index (χ3v) is 2.82. The first kappa shape index (κ1) is 18.6. The van der Waals surface area contributed by atoms with E-state index >= 15 is 0 Å². The van der Waals surface area contributed by atoms with Crippen molar-refractivity contribution in [3.8, 4) is 0 Å². The van der Waals surface area contributed by atoms with Gasteiger partial charge in [-0.15, -0.1) is 12.6 Å². The molecule has 0 radical (unpaired) electrons. The molecule has 0 aromatic heterocycles. The molecule has 20 heavy (non-hydrogen) atoms. The summed E-state index contributed by atoms with van der Waals surface area (Å²) in [5, 5.41) is 0. The van der Waals surface area contributed by atoms with Gasteiger partial charge in [0.25, 0.3) is 0 Å². The van der Waals surface area contributed by atoms with E-state index in [0.717, 1.165) is 0 Å². The first-order valence-electron chi connectivity index (χ1n) is 5.08. The van der Waals surface area contributed by atoms with Gasteiger partial charge in [-0.1, -0.05) is 0 Å². The van der Waals surface area contributed by atoms with Crippen molar-refractivity contribution in [2.24, 2.45) is 0 Å². The van der Waals surface area contributed by atoms with E-state index in [9.17, 15) is 14.4 Å². The van der Waals surface area contributed by atoms with Crippen LogP contribution < -0.4 is 0 Å². The zero-order valence-corrected chi connectivity index (χ0v) is 15.1. The molecule has 0 aliphatic carbocycles. The number of thiol groups is 1. The molecule has 1 aromatic rings. The van der Waals surface area contributed by atoms with Crippen molar-refractivity contribution < 1.29 is 48.1 Å². The zero-order valence-electron chi connectivity index (χ0n) is 11.3. The van der Waals surface area contributed by atoms with Gasteiger partial charge in [0, 0.05) is 24.4 Å². The van der Waals surface area contributed by atoms with Gasteiger partial charge >= 0.3 is 17.9 Å². The molecule has 0 saturated carbocycles. The Bertz CT molecular complexity index is 506. The summed E-state index contributed by atoms with van der Waals surface area (Å²) >= 11 is 4.09. The van der Waals surface area contributed by atoms with E-state index in [1.54, 1.807) is 0 Å². The molecular formula is C12H12O6SZn. The second kappa shape index (κ2) is 8.02. The molecule has 0 aliphatic rings. The predicted octanol–water partition coefficient (Wildman–Crippen LogP) is 1.33. The van der Waals surface area contributed by atoms with Gasteiger partial charge in [-0.2, -0.15) is 0 Å². The first-order chi connectivity index (χ1) is 8.96. The molecule has 0 unspecified atom stereocenters. The summed E-state index contributed by atoms with van der Waals surface area (Å²) in [6, 6.07) is 2.49. The Morgan fingerprint density at radius 1 is 0.850 bits per heavy atom. The van der Waals surface area contributed by atoms with E-state index in [-0.39, 0.29) is 41.1 Å². The van der Waals surface area contributed by atoms with E-state index in [1.165, 1.54) is 33.5 Å². The molecule has 0 fully saturated rings. The van der Waals surface area contributed by atoms with Crippen LogP contribution in [0.2, 0.25) is 0 Å². The minimum absolute atomic E-state index is 0. The third kappa shape index (κ3) is 3.80. The molecule has 0 N–H and O–H groups in total. The molecule has 104 valence electrons. The fraction of sp³-hybridized carbons (Fsp3) is 0.250. The third-order valence-electron chi connectivity index (χ3n) is 2.34. The van der Waals surface area contributed by atoms with Crippen LogP contribution in [0.1, 0.15) is 31.1 Å². The van der Waals surface area contributed by atoms with Crippen LogP contribution in [-0.2, 0) is 33.7 Å². The number of carbonyl (C=O) groups is 3. The molecule has 0 amide bonds. The summed E-state index contributed by atoms with van der Waals surface area (Å²) in [7, 11) is 3.54. The fourth-order valence-electron chi connectivity index (χ4n) is 1.40. The molecule has 0 atom stereocenters. The van der Waals surface area contributed by atoms with Gasteiger partial charge in [0.1, 0.15) is 0 Å².